The van der Waals surface area contributed by atoms with E-state index in [1.807, 2.05) is 23.1 Å². The quantitative estimate of drug-likeness (QED) is 0.355. The van der Waals surface area contributed by atoms with Gasteiger partial charge in [0.1, 0.15) is 12.4 Å². The van der Waals surface area contributed by atoms with Gasteiger partial charge < -0.3 is 23.3 Å². The molecule has 0 N–H and O–H groups in total. The lowest BCUT2D eigenvalue weighted by Crippen LogP contribution is -2.17. The lowest BCUT2D eigenvalue weighted by molar-refractivity contribution is 0.144. The van der Waals surface area contributed by atoms with Crippen molar-refractivity contribution in [3.8, 4) is 17.5 Å². The fourth-order valence-electron chi connectivity index (χ4n) is 3.56. The Kier molecular flexibility index (Phi) is 6.27. The lowest BCUT2D eigenvalue weighted by atomic mass is 10.1. The molecule has 0 unspecified atom stereocenters. The van der Waals surface area contributed by atoms with Crippen LogP contribution in [-0.2, 0) is 21.3 Å². The van der Waals surface area contributed by atoms with Gasteiger partial charge in [-0.05, 0) is 30.2 Å². The second kappa shape index (κ2) is 8.97. The molecule has 4 rings (SSSR count). The number of fused-ring (bicyclic) bond motifs is 2. The maximum Gasteiger partial charge on any atom is 0.335 e. The number of anilines is 2. The van der Waals surface area contributed by atoms with Crippen LogP contribution in [0.3, 0.4) is 0 Å². The second-order valence-corrected chi connectivity index (χ2v) is 9.16. The van der Waals surface area contributed by atoms with Crippen LogP contribution in [0.4, 0.5) is 11.5 Å². The number of benzene rings is 2. The molecular formula is C21H22ClN3O6S. The molecule has 2 aromatic carbocycles. The van der Waals surface area contributed by atoms with Gasteiger partial charge >= 0.3 is 16.1 Å². The summed E-state index contributed by atoms with van der Waals surface area (Å²) < 4.78 is 44.8. The first-order chi connectivity index (χ1) is 15.3. The van der Waals surface area contributed by atoms with Gasteiger partial charge in [-0.25, -0.2) is 0 Å². The second-order valence-electron chi connectivity index (χ2n) is 7.15. The number of ether oxygens (including phenoxy) is 3. The minimum atomic E-state index is -3.83. The molecule has 0 aliphatic carbocycles. The van der Waals surface area contributed by atoms with Crippen LogP contribution in [-0.4, -0.2) is 58.6 Å². The van der Waals surface area contributed by atoms with Crippen molar-refractivity contribution in [2.75, 3.05) is 45.1 Å². The number of nitrogens with zero attached hydrogens (tertiary/aromatic N) is 3. The Hall–Kier alpha value is -2.82. The van der Waals surface area contributed by atoms with E-state index in [9.17, 15) is 8.42 Å². The molecule has 0 radical (unpaired) electrons. The Morgan fingerprint density at radius 3 is 2.62 bits per heavy atom. The first kappa shape index (κ1) is 22.4. The van der Waals surface area contributed by atoms with Crippen LogP contribution in [0.1, 0.15) is 5.56 Å². The van der Waals surface area contributed by atoms with Crippen molar-refractivity contribution in [1.29, 1.82) is 0 Å². The summed E-state index contributed by atoms with van der Waals surface area (Å²) in [4.78, 5) is 10.7. The summed E-state index contributed by atoms with van der Waals surface area (Å²) in [6, 6.07) is 8.82. The summed E-state index contributed by atoms with van der Waals surface area (Å²) in [7, 11) is -0.714. The first-order valence-electron chi connectivity index (χ1n) is 9.76. The van der Waals surface area contributed by atoms with Crippen molar-refractivity contribution in [2.24, 2.45) is 0 Å². The maximum absolute atomic E-state index is 11.8. The summed E-state index contributed by atoms with van der Waals surface area (Å²) in [6.07, 6.45) is 1.73. The van der Waals surface area contributed by atoms with Crippen LogP contribution in [0.25, 0.3) is 10.9 Å². The van der Waals surface area contributed by atoms with Crippen molar-refractivity contribution in [3.63, 3.8) is 0 Å². The van der Waals surface area contributed by atoms with Crippen molar-refractivity contribution >= 4 is 44.1 Å². The fourth-order valence-corrected chi connectivity index (χ4v) is 4.07. The summed E-state index contributed by atoms with van der Waals surface area (Å²) >= 11 is 6.23. The smallest absolute Gasteiger partial charge is 0.335 e. The molecular weight excluding hydrogens is 458 g/mol. The van der Waals surface area contributed by atoms with E-state index in [-0.39, 0.29) is 6.01 Å². The highest BCUT2D eigenvalue weighted by Gasteiger charge is 2.26. The number of halogens is 1. The van der Waals surface area contributed by atoms with Gasteiger partial charge in [0.05, 0.1) is 25.5 Å². The van der Waals surface area contributed by atoms with Gasteiger partial charge in [0, 0.05) is 35.8 Å². The number of hydrogen-bond donors (Lipinski definition) is 0. The molecule has 3 aromatic rings. The molecule has 0 amide bonds. The molecule has 1 aliphatic heterocycles. The average molecular weight is 480 g/mol. The molecule has 0 saturated carbocycles. The van der Waals surface area contributed by atoms with Crippen molar-refractivity contribution in [3.05, 3.63) is 40.9 Å². The molecule has 0 bridgehead atoms. The van der Waals surface area contributed by atoms with Crippen LogP contribution in [0.15, 0.2) is 30.3 Å². The van der Waals surface area contributed by atoms with Gasteiger partial charge in [-0.3, -0.25) is 0 Å². The largest absolute Gasteiger partial charge is 0.493 e. The normalized spacial score (nSPS) is 13.3. The van der Waals surface area contributed by atoms with E-state index in [0.29, 0.717) is 53.0 Å². The van der Waals surface area contributed by atoms with Crippen LogP contribution < -0.4 is 18.6 Å². The molecule has 170 valence electrons. The first-order valence-corrected chi connectivity index (χ1v) is 12.0. The number of hydrogen-bond acceptors (Lipinski definition) is 9. The van der Waals surface area contributed by atoms with Gasteiger partial charge in [-0.2, -0.15) is 18.4 Å². The third-order valence-corrected chi connectivity index (χ3v) is 5.60. The lowest BCUT2D eigenvalue weighted by Gasteiger charge is -2.21. The maximum atomic E-state index is 11.8. The molecule has 2 heterocycles. The number of methoxy groups -OCH3 is 2. The Labute approximate surface area is 191 Å². The highest BCUT2D eigenvalue weighted by atomic mass is 35.5. The van der Waals surface area contributed by atoms with E-state index in [0.717, 1.165) is 23.9 Å². The monoisotopic (exact) mass is 479 g/mol. The van der Waals surface area contributed by atoms with Crippen LogP contribution in [0, 0.1) is 0 Å². The zero-order valence-electron chi connectivity index (χ0n) is 17.8. The highest BCUT2D eigenvalue weighted by Crippen LogP contribution is 2.41. The van der Waals surface area contributed by atoms with Crippen LogP contribution in [0.5, 0.6) is 17.5 Å². The third kappa shape index (κ3) is 4.67. The molecule has 0 saturated heterocycles. The van der Waals surface area contributed by atoms with Gasteiger partial charge in [0.15, 0.2) is 11.5 Å². The van der Waals surface area contributed by atoms with Gasteiger partial charge in [-0.1, -0.05) is 17.7 Å². The average Bonchev–Trinajstić information content (AvgIpc) is 3.14. The molecule has 9 nitrogen and oxygen atoms in total. The predicted octanol–water partition coefficient (Wildman–Crippen LogP) is 3.35. The topological polar surface area (TPSA) is 100 Å². The minimum absolute atomic E-state index is 0.279. The van der Waals surface area contributed by atoms with E-state index in [1.54, 1.807) is 19.2 Å². The zero-order valence-corrected chi connectivity index (χ0v) is 19.4. The Morgan fingerprint density at radius 1 is 1.09 bits per heavy atom. The SMILES string of the molecule is COCCOc1cc2nc(OS(C)(=O)=O)nc(N3CCc4ccc(Cl)cc43)c2cc1OC. The Morgan fingerprint density at radius 2 is 1.91 bits per heavy atom. The van der Waals surface area contributed by atoms with Gasteiger partial charge in [0.25, 0.3) is 0 Å². The molecule has 1 aromatic heterocycles. The van der Waals surface area contributed by atoms with E-state index < -0.39 is 10.1 Å². The summed E-state index contributed by atoms with van der Waals surface area (Å²) in [5.41, 5.74) is 2.44. The predicted molar refractivity (Wildman–Crippen MR) is 121 cm³/mol. The van der Waals surface area contributed by atoms with E-state index in [1.165, 1.54) is 7.11 Å². The molecule has 0 atom stereocenters. The van der Waals surface area contributed by atoms with Crippen LogP contribution >= 0.6 is 11.6 Å². The van der Waals surface area contributed by atoms with E-state index >= 15 is 0 Å². The summed E-state index contributed by atoms with van der Waals surface area (Å²) in [5.74, 6) is 1.41. The van der Waals surface area contributed by atoms with Crippen molar-refractivity contribution < 1.29 is 26.8 Å². The molecule has 0 spiro atoms. The highest BCUT2D eigenvalue weighted by molar-refractivity contribution is 7.86. The molecule has 32 heavy (non-hydrogen) atoms. The standard InChI is InChI=1S/C21H22ClN3O6S/c1-28-8-9-30-19-12-16-15(11-18(19)29-2)20(24-21(23-16)31-32(3,26)27)25-7-6-13-4-5-14(22)10-17(13)25/h4-5,10-12H,6-9H2,1-3H3. The van der Waals surface area contributed by atoms with Gasteiger partial charge in [-0.15, -0.1) is 0 Å². The zero-order chi connectivity index (χ0) is 22.9. The molecule has 11 heteroatoms. The Balaban J connectivity index is 1.89. The van der Waals surface area contributed by atoms with Crippen LogP contribution in [0.2, 0.25) is 5.02 Å². The number of rotatable bonds is 8. The summed E-state index contributed by atoms with van der Waals surface area (Å²) in [6.45, 7) is 1.33. The minimum Gasteiger partial charge on any atom is -0.493 e. The van der Waals surface area contributed by atoms with Gasteiger partial charge in [0.2, 0.25) is 0 Å². The molecule has 0 fully saturated rings. The fraction of sp³-hybridized carbons (Fsp3) is 0.333. The molecule has 1 aliphatic rings. The Bertz CT molecular complexity index is 1270. The summed E-state index contributed by atoms with van der Waals surface area (Å²) in [5, 5.41) is 1.24. The van der Waals surface area contributed by atoms with Crippen molar-refractivity contribution in [2.45, 2.75) is 6.42 Å². The van der Waals surface area contributed by atoms with Crippen molar-refractivity contribution in [1.82, 2.24) is 9.97 Å². The number of aromatic nitrogens is 2. The van der Waals surface area contributed by atoms with E-state index in [4.69, 9.17) is 30.0 Å². The third-order valence-electron chi connectivity index (χ3n) is 4.91. The van der Waals surface area contributed by atoms with E-state index in [2.05, 4.69) is 9.97 Å².